The standard InChI is InChI=1S/C17H29N3O3S/c1-5-6-13-20(4)24(22,23)16-10-7-9-15(14-16)17(21)18-11-8-12-19(2)3/h7,9-10,14H,5-6,8,11-13H2,1-4H3,(H,18,21). The van der Waals surface area contributed by atoms with Gasteiger partial charge < -0.3 is 10.2 Å². The Kier molecular flexibility index (Phi) is 8.38. The number of nitrogens with one attached hydrogen (secondary N) is 1. The predicted octanol–water partition coefficient (Wildman–Crippen LogP) is 1.79. The van der Waals surface area contributed by atoms with Gasteiger partial charge in [-0.2, -0.15) is 0 Å². The number of amides is 1. The van der Waals surface area contributed by atoms with E-state index in [1.807, 2.05) is 25.9 Å². The van der Waals surface area contributed by atoms with Crippen LogP contribution >= 0.6 is 0 Å². The molecule has 0 heterocycles. The number of hydrogen-bond acceptors (Lipinski definition) is 4. The topological polar surface area (TPSA) is 69.7 Å². The first kappa shape index (κ1) is 20.6. The molecule has 0 aromatic heterocycles. The molecular formula is C17H29N3O3S. The molecule has 7 heteroatoms. The van der Waals surface area contributed by atoms with E-state index in [4.69, 9.17) is 0 Å². The highest BCUT2D eigenvalue weighted by molar-refractivity contribution is 7.89. The second kappa shape index (κ2) is 9.76. The molecule has 0 aliphatic heterocycles. The Labute approximate surface area is 145 Å². The van der Waals surface area contributed by atoms with Gasteiger partial charge in [-0.15, -0.1) is 0 Å². The quantitative estimate of drug-likeness (QED) is 0.650. The molecule has 0 bridgehead atoms. The van der Waals surface area contributed by atoms with Crippen LogP contribution in [0.2, 0.25) is 0 Å². The van der Waals surface area contributed by atoms with E-state index in [-0.39, 0.29) is 10.8 Å². The van der Waals surface area contributed by atoms with Gasteiger partial charge >= 0.3 is 0 Å². The smallest absolute Gasteiger partial charge is 0.251 e. The first-order valence-corrected chi connectivity index (χ1v) is 9.72. The van der Waals surface area contributed by atoms with Crippen molar-refractivity contribution >= 4 is 15.9 Å². The highest BCUT2D eigenvalue weighted by atomic mass is 32.2. The third-order valence-corrected chi connectivity index (χ3v) is 5.55. The zero-order chi connectivity index (χ0) is 18.2. The molecule has 1 aromatic carbocycles. The number of hydrogen-bond donors (Lipinski definition) is 1. The molecule has 1 N–H and O–H groups in total. The van der Waals surface area contributed by atoms with Gasteiger partial charge in [-0.25, -0.2) is 12.7 Å². The Morgan fingerprint density at radius 3 is 2.46 bits per heavy atom. The second-order valence-corrected chi connectivity index (χ2v) is 8.17. The van der Waals surface area contributed by atoms with E-state index < -0.39 is 10.0 Å². The van der Waals surface area contributed by atoms with Crippen molar-refractivity contribution in [1.82, 2.24) is 14.5 Å². The zero-order valence-corrected chi connectivity index (χ0v) is 15.9. The Morgan fingerprint density at radius 2 is 1.83 bits per heavy atom. The van der Waals surface area contributed by atoms with Crippen LogP contribution in [0.4, 0.5) is 0 Å². The average molecular weight is 356 g/mol. The molecule has 0 fully saturated rings. The molecule has 0 radical (unpaired) electrons. The molecule has 0 saturated heterocycles. The van der Waals surface area contributed by atoms with Gasteiger partial charge in [0.05, 0.1) is 4.90 Å². The molecule has 0 atom stereocenters. The van der Waals surface area contributed by atoms with E-state index in [1.165, 1.54) is 16.4 Å². The number of benzene rings is 1. The van der Waals surface area contributed by atoms with Gasteiger partial charge in [0.2, 0.25) is 10.0 Å². The lowest BCUT2D eigenvalue weighted by Gasteiger charge is -2.17. The number of rotatable bonds is 10. The monoisotopic (exact) mass is 355 g/mol. The Balaban J connectivity index is 2.77. The lowest BCUT2D eigenvalue weighted by Crippen LogP contribution is -2.29. The normalized spacial score (nSPS) is 11.9. The van der Waals surface area contributed by atoms with Crippen LogP contribution in [0.3, 0.4) is 0 Å². The fourth-order valence-electron chi connectivity index (χ4n) is 2.18. The summed E-state index contributed by atoms with van der Waals surface area (Å²) in [7, 11) is 1.97. The van der Waals surface area contributed by atoms with E-state index in [9.17, 15) is 13.2 Å². The maximum Gasteiger partial charge on any atom is 0.251 e. The van der Waals surface area contributed by atoms with Crippen molar-refractivity contribution in [1.29, 1.82) is 0 Å². The first-order valence-electron chi connectivity index (χ1n) is 8.28. The molecule has 0 aliphatic carbocycles. The van der Waals surface area contributed by atoms with Crippen LogP contribution in [0.5, 0.6) is 0 Å². The van der Waals surface area contributed by atoms with E-state index in [0.29, 0.717) is 18.7 Å². The van der Waals surface area contributed by atoms with Gasteiger partial charge in [-0.3, -0.25) is 4.79 Å². The third kappa shape index (κ3) is 6.22. The van der Waals surface area contributed by atoms with Crippen molar-refractivity contribution in [2.75, 3.05) is 40.8 Å². The Bertz CT molecular complexity index is 630. The summed E-state index contributed by atoms with van der Waals surface area (Å²) in [4.78, 5) is 14.4. The largest absolute Gasteiger partial charge is 0.352 e. The summed E-state index contributed by atoms with van der Waals surface area (Å²) in [5, 5.41) is 2.82. The van der Waals surface area contributed by atoms with Crippen molar-refractivity contribution < 1.29 is 13.2 Å². The van der Waals surface area contributed by atoms with E-state index >= 15 is 0 Å². The number of carbonyl (C=O) groups is 1. The van der Waals surface area contributed by atoms with Gasteiger partial charge in [-0.1, -0.05) is 19.4 Å². The SMILES string of the molecule is CCCCN(C)S(=O)(=O)c1cccc(C(=O)NCCCN(C)C)c1. The lowest BCUT2D eigenvalue weighted by molar-refractivity contribution is 0.0952. The van der Waals surface area contributed by atoms with Gasteiger partial charge in [0, 0.05) is 25.7 Å². The maximum absolute atomic E-state index is 12.5. The van der Waals surface area contributed by atoms with Gasteiger partial charge in [0.25, 0.3) is 5.91 Å². The van der Waals surface area contributed by atoms with Crippen LogP contribution in [0.15, 0.2) is 29.2 Å². The van der Waals surface area contributed by atoms with Crippen molar-refractivity contribution in [2.45, 2.75) is 31.1 Å². The fourth-order valence-corrected chi connectivity index (χ4v) is 3.43. The van der Waals surface area contributed by atoms with Crippen molar-refractivity contribution in [2.24, 2.45) is 0 Å². The van der Waals surface area contributed by atoms with Crippen molar-refractivity contribution in [3.05, 3.63) is 29.8 Å². The predicted molar refractivity (Wildman–Crippen MR) is 96.7 cm³/mol. The molecule has 136 valence electrons. The summed E-state index contributed by atoms with van der Waals surface area (Å²) >= 11 is 0. The highest BCUT2D eigenvalue weighted by Gasteiger charge is 2.21. The van der Waals surface area contributed by atoms with Gasteiger partial charge in [0.15, 0.2) is 0 Å². The molecule has 0 saturated carbocycles. The van der Waals surface area contributed by atoms with Crippen molar-refractivity contribution in [3.8, 4) is 0 Å². The number of nitrogens with zero attached hydrogens (tertiary/aromatic N) is 2. The Hall–Kier alpha value is -1.44. The number of carbonyl (C=O) groups excluding carboxylic acids is 1. The molecule has 24 heavy (non-hydrogen) atoms. The summed E-state index contributed by atoms with van der Waals surface area (Å²) in [5.74, 6) is -0.248. The van der Waals surface area contributed by atoms with Crippen LogP contribution in [0.1, 0.15) is 36.5 Å². The van der Waals surface area contributed by atoms with E-state index in [0.717, 1.165) is 25.8 Å². The minimum atomic E-state index is -3.56. The molecule has 6 nitrogen and oxygen atoms in total. The summed E-state index contributed by atoms with van der Waals surface area (Å²) in [6, 6.07) is 6.21. The van der Waals surface area contributed by atoms with Crippen LogP contribution in [-0.4, -0.2) is 64.3 Å². The summed E-state index contributed by atoms with van der Waals surface area (Å²) in [6.07, 6.45) is 2.58. The molecule has 1 rings (SSSR count). The molecule has 1 amide bonds. The zero-order valence-electron chi connectivity index (χ0n) is 15.1. The molecule has 0 unspecified atom stereocenters. The maximum atomic E-state index is 12.5. The molecule has 0 aliphatic rings. The minimum absolute atomic E-state index is 0.155. The molecule has 1 aromatic rings. The lowest BCUT2D eigenvalue weighted by atomic mass is 10.2. The van der Waals surface area contributed by atoms with Crippen LogP contribution in [0, 0.1) is 0 Å². The van der Waals surface area contributed by atoms with Crippen LogP contribution in [-0.2, 0) is 10.0 Å². The molecule has 0 spiro atoms. The Morgan fingerprint density at radius 1 is 1.12 bits per heavy atom. The molecular weight excluding hydrogens is 326 g/mol. The second-order valence-electron chi connectivity index (χ2n) is 6.12. The van der Waals surface area contributed by atoms with Gasteiger partial charge in [0.1, 0.15) is 0 Å². The summed E-state index contributed by atoms with van der Waals surface area (Å²) < 4.78 is 26.4. The fraction of sp³-hybridized carbons (Fsp3) is 0.588. The third-order valence-electron chi connectivity index (χ3n) is 3.70. The highest BCUT2D eigenvalue weighted by Crippen LogP contribution is 2.16. The van der Waals surface area contributed by atoms with Crippen LogP contribution < -0.4 is 5.32 Å². The summed E-state index contributed by atoms with van der Waals surface area (Å²) in [6.45, 7) is 3.93. The van der Waals surface area contributed by atoms with Gasteiger partial charge in [-0.05, 0) is 51.7 Å². The number of unbranched alkanes of at least 4 members (excludes halogenated alkanes) is 1. The van der Waals surface area contributed by atoms with Crippen molar-refractivity contribution in [3.63, 3.8) is 0 Å². The summed E-state index contributed by atoms with van der Waals surface area (Å²) in [5.41, 5.74) is 0.366. The van der Waals surface area contributed by atoms with Crippen LogP contribution in [0.25, 0.3) is 0 Å². The first-order chi connectivity index (χ1) is 11.3. The van der Waals surface area contributed by atoms with E-state index in [2.05, 4.69) is 5.32 Å². The van der Waals surface area contributed by atoms with E-state index in [1.54, 1.807) is 19.2 Å². The average Bonchev–Trinajstić information content (AvgIpc) is 2.56. The minimum Gasteiger partial charge on any atom is -0.352 e. The number of sulfonamides is 1.